The van der Waals surface area contributed by atoms with Gasteiger partial charge in [0, 0.05) is 18.2 Å². The smallest absolute Gasteiger partial charge is 0.118 e. The summed E-state index contributed by atoms with van der Waals surface area (Å²) in [6.07, 6.45) is 2.79. The molecule has 1 aliphatic carbocycles. The maximum atomic E-state index is 5.81. The maximum Gasteiger partial charge on any atom is 0.118 e. The SMILES string of the molecule is CNCc1cc(CN(C)C(C)C2CC2)oc1C. The number of furan rings is 1. The molecule has 3 heteroatoms. The Labute approximate surface area is 104 Å². The minimum atomic E-state index is 0.674. The van der Waals surface area contributed by atoms with Crippen molar-refractivity contribution in [3.05, 3.63) is 23.2 Å². The molecular weight excluding hydrogens is 212 g/mol. The molecule has 1 aromatic rings. The zero-order valence-corrected chi connectivity index (χ0v) is 11.4. The molecule has 96 valence electrons. The van der Waals surface area contributed by atoms with Crippen LogP contribution in [-0.4, -0.2) is 25.0 Å². The van der Waals surface area contributed by atoms with E-state index in [-0.39, 0.29) is 0 Å². The minimum absolute atomic E-state index is 0.674. The van der Waals surface area contributed by atoms with Gasteiger partial charge in [-0.25, -0.2) is 0 Å². The fourth-order valence-corrected chi connectivity index (χ4v) is 2.36. The lowest BCUT2D eigenvalue weighted by atomic mass is 10.2. The molecule has 3 nitrogen and oxygen atoms in total. The van der Waals surface area contributed by atoms with Crippen LogP contribution >= 0.6 is 0 Å². The van der Waals surface area contributed by atoms with Gasteiger partial charge in [-0.2, -0.15) is 0 Å². The number of aryl methyl sites for hydroxylation is 1. The van der Waals surface area contributed by atoms with Gasteiger partial charge in [-0.3, -0.25) is 4.90 Å². The Morgan fingerprint density at radius 2 is 2.24 bits per heavy atom. The van der Waals surface area contributed by atoms with E-state index < -0.39 is 0 Å². The van der Waals surface area contributed by atoms with E-state index in [2.05, 4.69) is 30.3 Å². The van der Waals surface area contributed by atoms with Crippen LogP contribution < -0.4 is 5.32 Å². The predicted octanol–water partition coefficient (Wildman–Crippen LogP) is 2.54. The van der Waals surface area contributed by atoms with Gasteiger partial charge in [-0.05, 0) is 52.8 Å². The molecule has 1 atom stereocenters. The van der Waals surface area contributed by atoms with Crippen molar-refractivity contribution < 1.29 is 4.42 Å². The van der Waals surface area contributed by atoms with Crippen molar-refractivity contribution in [1.82, 2.24) is 10.2 Å². The van der Waals surface area contributed by atoms with E-state index in [0.29, 0.717) is 6.04 Å². The highest BCUT2D eigenvalue weighted by Gasteiger charge is 2.30. The maximum absolute atomic E-state index is 5.81. The molecular formula is C14H24N2O. The summed E-state index contributed by atoms with van der Waals surface area (Å²) >= 11 is 0. The highest BCUT2D eigenvalue weighted by atomic mass is 16.3. The van der Waals surface area contributed by atoms with Crippen LogP contribution in [0.4, 0.5) is 0 Å². The molecule has 0 aromatic carbocycles. The molecule has 0 aliphatic heterocycles. The third-order valence-electron chi connectivity index (χ3n) is 3.84. The van der Waals surface area contributed by atoms with Crippen molar-refractivity contribution in [3.8, 4) is 0 Å². The molecule has 0 amide bonds. The summed E-state index contributed by atoms with van der Waals surface area (Å²) < 4.78 is 5.81. The fraction of sp³-hybridized carbons (Fsp3) is 0.714. The Hall–Kier alpha value is -0.800. The average Bonchev–Trinajstić information content (AvgIpc) is 3.06. The topological polar surface area (TPSA) is 28.4 Å². The summed E-state index contributed by atoms with van der Waals surface area (Å²) in [7, 11) is 4.16. The summed E-state index contributed by atoms with van der Waals surface area (Å²) in [6, 6.07) is 2.86. The third kappa shape index (κ3) is 3.11. The number of rotatable bonds is 6. The Morgan fingerprint density at radius 1 is 1.53 bits per heavy atom. The van der Waals surface area contributed by atoms with Crippen molar-refractivity contribution in [3.63, 3.8) is 0 Å². The Bertz CT molecular complexity index is 368. The molecule has 1 aliphatic rings. The Kier molecular flexibility index (Phi) is 3.89. The molecule has 0 bridgehead atoms. The second kappa shape index (κ2) is 5.23. The van der Waals surface area contributed by atoms with Crippen LogP contribution in [0.3, 0.4) is 0 Å². The van der Waals surface area contributed by atoms with Gasteiger partial charge in [0.2, 0.25) is 0 Å². The van der Waals surface area contributed by atoms with Crippen LogP contribution in [0.1, 0.15) is 36.8 Å². The van der Waals surface area contributed by atoms with E-state index in [4.69, 9.17) is 4.42 Å². The fourth-order valence-electron chi connectivity index (χ4n) is 2.36. The van der Waals surface area contributed by atoms with Crippen LogP contribution in [0.15, 0.2) is 10.5 Å². The highest BCUT2D eigenvalue weighted by molar-refractivity contribution is 5.20. The summed E-state index contributed by atoms with van der Waals surface area (Å²) in [4.78, 5) is 2.40. The van der Waals surface area contributed by atoms with Crippen LogP contribution in [-0.2, 0) is 13.1 Å². The molecule has 1 heterocycles. The molecule has 1 aromatic heterocycles. The lowest BCUT2D eigenvalue weighted by molar-refractivity contribution is 0.209. The first-order chi connectivity index (χ1) is 8.11. The van der Waals surface area contributed by atoms with Gasteiger partial charge in [0.05, 0.1) is 6.54 Å². The summed E-state index contributed by atoms with van der Waals surface area (Å²) in [5.74, 6) is 3.04. The van der Waals surface area contributed by atoms with Gasteiger partial charge < -0.3 is 9.73 Å². The normalized spacial score (nSPS) is 17.7. The van der Waals surface area contributed by atoms with E-state index in [1.54, 1.807) is 0 Å². The van der Waals surface area contributed by atoms with E-state index in [1.165, 1.54) is 18.4 Å². The zero-order valence-electron chi connectivity index (χ0n) is 11.4. The van der Waals surface area contributed by atoms with Crippen molar-refractivity contribution >= 4 is 0 Å². The average molecular weight is 236 g/mol. The molecule has 17 heavy (non-hydrogen) atoms. The van der Waals surface area contributed by atoms with Gasteiger partial charge in [0.25, 0.3) is 0 Å². The first kappa shape index (κ1) is 12.7. The first-order valence-corrected chi connectivity index (χ1v) is 6.55. The van der Waals surface area contributed by atoms with Crippen LogP contribution in [0.2, 0.25) is 0 Å². The number of hydrogen-bond acceptors (Lipinski definition) is 3. The van der Waals surface area contributed by atoms with Crippen molar-refractivity contribution in [2.75, 3.05) is 14.1 Å². The van der Waals surface area contributed by atoms with E-state index >= 15 is 0 Å². The molecule has 1 unspecified atom stereocenters. The molecule has 0 spiro atoms. The van der Waals surface area contributed by atoms with Gasteiger partial charge in [0.1, 0.15) is 11.5 Å². The summed E-state index contributed by atoms with van der Waals surface area (Å²) in [6.45, 7) is 6.17. The predicted molar refractivity (Wildman–Crippen MR) is 69.9 cm³/mol. The largest absolute Gasteiger partial charge is 0.465 e. The van der Waals surface area contributed by atoms with E-state index in [1.807, 2.05) is 14.0 Å². The summed E-state index contributed by atoms with van der Waals surface area (Å²) in [5.41, 5.74) is 1.27. The molecule has 1 N–H and O–H groups in total. The molecule has 1 fully saturated rings. The third-order valence-corrected chi connectivity index (χ3v) is 3.84. The van der Waals surface area contributed by atoms with Crippen molar-refractivity contribution in [1.29, 1.82) is 0 Å². The van der Waals surface area contributed by atoms with Crippen LogP contribution in [0.5, 0.6) is 0 Å². The number of hydrogen-bond donors (Lipinski definition) is 1. The molecule has 1 saturated carbocycles. The lowest BCUT2D eigenvalue weighted by Gasteiger charge is -2.23. The monoisotopic (exact) mass is 236 g/mol. The highest BCUT2D eigenvalue weighted by Crippen LogP contribution is 2.35. The Balaban J connectivity index is 1.95. The van der Waals surface area contributed by atoms with E-state index in [9.17, 15) is 0 Å². The van der Waals surface area contributed by atoms with Gasteiger partial charge in [0.15, 0.2) is 0 Å². The summed E-state index contributed by atoms with van der Waals surface area (Å²) in [5, 5.41) is 3.17. The van der Waals surface area contributed by atoms with Crippen molar-refractivity contribution in [2.45, 2.75) is 45.8 Å². The number of nitrogens with one attached hydrogen (secondary N) is 1. The van der Waals surface area contributed by atoms with Gasteiger partial charge in [-0.1, -0.05) is 0 Å². The number of nitrogens with zero attached hydrogens (tertiary/aromatic N) is 1. The van der Waals surface area contributed by atoms with E-state index in [0.717, 1.165) is 30.5 Å². The molecule has 0 saturated heterocycles. The Morgan fingerprint density at radius 3 is 2.82 bits per heavy atom. The van der Waals surface area contributed by atoms with Gasteiger partial charge in [-0.15, -0.1) is 0 Å². The zero-order chi connectivity index (χ0) is 12.4. The lowest BCUT2D eigenvalue weighted by Crippen LogP contribution is -2.30. The second-order valence-electron chi connectivity index (χ2n) is 5.32. The van der Waals surface area contributed by atoms with Crippen molar-refractivity contribution in [2.24, 2.45) is 5.92 Å². The van der Waals surface area contributed by atoms with Gasteiger partial charge >= 0.3 is 0 Å². The van der Waals surface area contributed by atoms with Crippen LogP contribution in [0, 0.1) is 12.8 Å². The second-order valence-corrected chi connectivity index (χ2v) is 5.32. The quantitative estimate of drug-likeness (QED) is 0.823. The molecule has 0 radical (unpaired) electrons. The van der Waals surface area contributed by atoms with Crippen LogP contribution in [0.25, 0.3) is 0 Å². The standard InChI is InChI=1S/C14H24N2O/c1-10(12-5-6-12)16(4)9-14-7-13(8-15-3)11(2)17-14/h7,10,12,15H,5-6,8-9H2,1-4H3. The first-order valence-electron chi connectivity index (χ1n) is 6.55. The minimum Gasteiger partial charge on any atom is -0.465 e. The molecule has 2 rings (SSSR count).